The third kappa shape index (κ3) is 1.38. The third-order valence-electron chi connectivity index (χ3n) is 4.99. The van der Waals surface area contributed by atoms with Crippen molar-refractivity contribution in [1.82, 2.24) is 0 Å². The van der Waals surface area contributed by atoms with Crippen molar-refractivity contribution in [3.63, 3.8) is 0 Å². The molecule has 2 aliphatic carbocycles. The fourth-order valence-electron chi connectivity index (χ4n) is 4.10. The molecule has 2 aliphatic rings. The van der Waals surface area contributed by atoms with Crippen LogP contribution in [0.15, 0.2) is 30.4 Å². The molecule has 0 aromatic heterocycles. The Labute approximate surface area is 117 Å². The van der Waals surface area contributed by atoms with Crippen molar-refractivity contribution in [3.05, 3.63) is 47.3 Å². The first-order chi connectivity index (χ1) is 9.40. The Bertz CT molecular complexity index is 646. The van der Waals surface area contributed by atoms with Crippen LogP contribution >= 0.6 is 0 Å². The molecule has 0 bridgehead atoms. The lowest BCUT2D eigenvalue weighted by atomic mass is 9.58. The maximum absolute atomic E-state index is 13.5. The molecule has 104 valence electrons. The van der Waals surface area contributed by atoms with Crippen LogP contribution in [0.4, 0.5) is 4.39 Å². The number of allylic oxidation sites excluding steroid dienone is 2. The summed E-state index contributed by atoms with van der Waals surface area (Å²) in [4.78, 5) is 25.3. The minimum absolute atomic E-state index is 0.0887. The summed E-state index contributed by atoms with van der Waals surface area (Å²) in [6.45, 7) is 5.39. The zero-order chi connectivity index (χ0) is 14.7. The summed E-state index contributed by atoms with van der Waals surface area (Å²) >= 11 is 0. The summed E-state index contributed by atoms with van der Waals surface area (Å²) in [6, 6.07) is 4.32. The number of fused-ring (bicyclic) bond motifs is 3. The second kappa shape index (κ2) is 4.11. The predicted molar refractivity (Wildman–Crippen MR) is 74.1 cm³/mol. The highest BCUT2D eigenvalue weighted by molar-refractivity contribution is 6.19. The van der Waals surface area contributed by atoms with Crippen LogP contribution in [0.3, 0.4) is 0 Å². The second-order valence-electron chi connectivity index (χ2n) is 6.00. The molecule has 0 saturated heterocycles. The van der Waals surface area contributed by atoms with Crippen LogP contribution in [0.5, 0.6) is 0 Å². The molecule has 0 unspecified atom stereocenters. The molecule has 0 saturated carbocycles. The van der Waals surface area contributed by atoms with Gasteiger partial charge in [-0.1, -0.05) is 32.1 Å². The maximum atomic E-state index is 13.5. The Morgan fingerprint density at radius 3 is 2.60 bits per heavy atom. The molecule has 3 heteroatoms. The molecule has 0 amide bonds. The average molecular weight is 272 g/mol. The van der Waals surface area contributed by atoms with Gasteiger partial charge in [-0.2, -0.15) is 0 Å². The minimum atomic E-state index is -1.05. The number of halogens is 1. The van der Waals surface area contributed by atoms with Crippen LogP contribution in [0.1, 0.15) is 42.6 Å². The van der Waals surface area contributed by atoms with Crippen LogP contribution < -0.4 is 0 Å². The lowest BCUT2D eigenvalue weighted by Crippen LogP contribution is -2.47. The van der Waals surface area contributed by atoms with Crippen LogP contribution in [0, 0.1) is 23.1 Å². The van der Waals surface area contributed by atoms with E-state index in [1.54, 1.807) is 6.07 Å². The van der Waals surface area contributed by atoms with Crippen molar-refractivity contribution >= 4 is 11.6 Å². The van der Waals surface area contributed by atoms with Gasteiger partial charge in [-0.25, -0.2) is 4.39 Å². The van der Waals surface area contributed by atoms with Gasteiger partial charge in [-0.05, 0) is 36.5 Å². The normalized spacial score (nSPS) is 34.8. The van der Waals surface area contributed by atoms with Gasteiger partial charge in [0.15, 0.2) is 5.78 Å². The van der Waals surface area contributed by atoms with E-state index in [4.69, 9.17) is 0 Å². The summed E-state index contributed by atoms with van der Waals surface area (Å²) in [6.07, 6.45) is 4.00. The van der Waals surface area contributed by atoms with Gasteiger partial charge >= 0.3 is 0 Å². The van der Waals surface area contributed by atoms with E-state index in [0.717, 1.165) is 5.56 Å². The number of rotatable bonds is 1. The number of carbonyl (C=O) groups excluding carboxylic acids is 2. The SMILES string of the molecule is CC(=O)[C@@]12C(=O)c3cc(F)ccc3[C@@H]1[C@H](C)C=C[C@@H]2C. The molecule has 0 aliphatic heterocycles. The van der Waals surface area contributed by atoms with Gasteiger partial charge in [0.25, 0.3) is 0 Å². The van der Waals surface area contributed by atoms with Crippen molar-refractivity contribution in [1.29, 1.82) is 0 Å². The molecular formula is C17H17FO2. The molecule has 1 aromatic carbocycles. The zero-order valence-corrected chi connectivity index (χ0v) is 11.8. The Hall–Kier alpha value is -1.77. The minimum Gasteiger partial charge on any atom is -0.299 e. The molecule has 3 rings (SSSR count). The molecule has 0 spiro atoms. The Morgan fingerprint density at radius 1 is 1.25 bits per heavy atom. The molecule has 4 atom stereocenters. The van der Waals surface area contributed by atoms with Crippen molar-refractivity contribution in [2.75, 3.05) is 0 Å². The fourth-order valence-corrected chi connectivity index (χ4v) is 4.10. The first kappa shape index (κ1) is 13.2. The van der Waals surface area contributed by atoms with E-state index in [9.17, 15) is 14.0 Å². The van der Waals surface area contributed by atoms with Gasteiger partial charge in [0.05, 0.1) is 0 Å². The van der Waals surface area contributed by atoms with Crippen LogP contribution in [0.2, 0.25) is 0 Å². The Morgan fingerprint density at radius 2 is 1.95 bits per heavy atom. The summed E-state index contributed by atoms with van der Waals surface area (Å²) in [5.41, 5.74) is 0.146. The van der Waals surface area contributed by atoms with Gasteiger partial charge < -0.3 is 0 Å². The van der Waals surface area contributed by atoms with E-state index in [1.165, 1.54) is 19.1 Å². The Balaban J connectivity index is 2.33. The number of benzene rings is 1. The van der Waals surface area contributed by atoms with E-state index in [2.05, 4.69) is 6.08 Å². The smallest absolute Gasteiger partial charge is 0.178 e. The van der Waals surface area contributed by atoms with E-state index in [1.807, 2.05) is 19.9 Å². The van der Waals surface area contributed by atoms with Gasteiger partial charge in [-0.3, -0.25) is 9.59 Å². The number of hydrogen-bond acceptors (Lipinski definition) is 2. The maximum Gasteiger partial charge on any atom is 0.178 e. The van der Waals surface area contributed by atoms with E-state index >= 15 is 0 Å². The monoisotopic (exact) mass is 272 g/mol. The number of carbonyl (C=O) groups is 2. The Kier molecular flexibility index (Phi) is 2.72. The molecule has 20 heavy (non-hydrogen) atoms. The summed E-state index contributed by atoms with van der Waals surface area (Å²) in [5.74, 6) is -1.01. The lowest BCUT2D eigenvalue weighted by molar-refractivity contribution is -0.127. The van der Waals surface area contributed by atoms with Crippen LogP contribution in [0.25, 0.3) is 0 Å². The van der Waals surface area contributed by atoms with Crippen molar-refractivity contribution in [2.24, 2.45) is 17.3 Å². The lowest BCUT2D eigenvalue weighted by Gasteiger charge is -2.41. The van der Waals surface area contributed by atoms with Crippen molar-refractivity contribution in [3.8, 4) is 0 Å². The number of ketones is 2. The summed E-state index contributed by atoms with van der Waals surface area (Å²) in [5, 5.41) is 0. The van der Waals surface area contributed by atoms with E-state index in [-0.39, 0.29) is 29.3 Å². The summed E-state index contributed by atoms with van der Waals surface area (Å²) < 4.78 is 13.5. The quantitative estimate of drug-likeness (QED) is 0.579. The first-order valence-corrected chi connectivity index (χ1v) is 6.94. The standard InChI is InChI=1S/C17H17FO2/c1-9-4-5-10(2)17(11(3)19)15(9)13-7-6-12(18)8-14(13)16(17)20/h4-10,15H,1-3H3/t9-,10+,15+,17-/m1/s1. The van der Waals surface area contributed by atoms with Crippen LogP contribution in [-0.2, 0) is 4.79 Å². The number of Topliss-reactive ketones (excluding diaryl/α,β-unsaturated/α-hetero) is 2. The molecule has 0 heterocycles. The third-order valence-corrected chi connectivity index (χ3v) is 4.99. The average Bonchev–Trinajstić information content (AvgIpc) is 2.66. The molecule has 0 N–H and O–H groups in total. The van der Waals surface area contributed by atoms with Crippen LogP contribution in [-0.4, -0.2) is 11.6 Å². The summed E-state index contributed by atoms with van der Waals surface area (Å²) in [7, 11) is 0. The van der Waals surface area contributed by atoms with Crippen molar-refractivity contribution in [2.45, 2.75) is 26.7 Å². The molecule has 2 nitrogen and oxygen atoms in total. The van der Waals surface area contributed by atoms with Gasteiger partial charge in [0, 0.05) is 11.5 Å². The fraction of sp³-hybridized carbons (Fsp3) is 0.412. The van der Waals surface area contributed by atoms with E-state index < -0.39 is 11.2 Å². The van der Waals surface area contributed by atoms with Gasteiger partial charge in [0.2, 0.25) is 0 Å². The van der Waals surface area contributed by atoms with E-state index in [0.29, 0.717) is 5.56 Å². The highest BCUT2D eigenvalue weighted by Gasteiger charge is 2.61. The van der Waals surface area contributed by atoms with Gasteiger partial charge in [0.1, 0.15) is 17.0 Å². The number of hydrogen-bond donors (Lipinski definition) is 0. The predicted octanol–water partition coefficient (Wildman–Crippen LogP) is 3.52. The highest BCUT2D eigenvalue weighted by atomic mass is 19.1. The molecule has 0 fully saturated rings. The van der Waals surface area contributed by atoms with Gasteiger partial charge in [-0.15, -0.1) is 0 Å². The highest BCUT2D eigenvalue weighted by Crippen LogP contribution is 2.58. The topological polar surface area (TPSA) is 34.1 Å². The molecule has 0 radical (unpaired) electrons. The van der Waals surface area contributed by atoms with Crippen molar-refractivity contribution < 1.29 is 14.0 Å². The largest absolute Gasteiger partial charge is 0.299 e. The first-order valence-electron chi connectivity index (χ1n) is 6.94. The second-order valence-corrected chi connectivity index (χ2v) is 6.00. The molecule has 1 aromatic rings. The zero-order valence-electron chi connectivity index (χ0n) is 11.8. The molecular weight excluding hydrogens is 255 g/mol.